The molecule has 0 radical (unpaired) electrons. The fourth-order valence-corrected chi connectivity index (χ4v) is 4.67. The van der Waals surface area contributed by atoms with Gasteiger partial charge in [0.05, 0.1) is 5.75 Å². The van der Waals surface area contributed by atoms with Crippen LogP contribution >= 0.6 is 11.3 Å². The topological polar surface area (TPSA) is 66.4 Å². The Balaban J connectivity index is 1.69. The molecule has 0 aliphatic heterocycles. The van der Waals surface area contributed by atoms with Gasteiger partial charge in [0.25, 0.3) is 0 Å². The molecule has 7 heteroatoms. The van der Waals surface area contributed by atoms with Crippen molar-refractivity contribution in [3.8, 4) is 0 Å². The van der Waals surface area contributed by atoms with E-state index in [0.29, 0.717) is 5.56 Å². The number of thiophene rings is 1. The second kappa shape index (κ2) is 6.32. The molecule has 0 amide bonds. The Morgan fingerprint density at radius 3 is 2.52 bits per heavy atom. The minimum absolute atomic E-state index is 0.0400. The molecule has 1 aliphatic rings. The van der Waals surface area contributed by atoms with Gasteiger partial charge in [-0.1, -0.05) is 18.2 Å². The zero-order valence-corrected chi connectivity index (χ0v) is 14.0. The molecule has 1 fully saturated rings. The Labute approximate surface area is 139 Å². The fourth-order valence-electron chi connectivity index (χ4n) is 2.59. The van der Waals surface area contributed by atoms with Crippen molar-refractivity contribution in [1.29, 1.82) is 0 Å². The van der Waals surface area contributed by atoms with E-state index in [2.05, 4.69) is 4.72 Å². The molecule has 0 saturated heterocycles. The van der Waals surface area contributed by atoms with E-state index in [1.54, 1.807) is 0 Å². The third kappa shape index (κ3) is 3.98. The van der Waals surface area contributed by atoms with Gasteiger partial charge >= 0.3 is 0 Å². The second-order valence-corrected chi connectivity index (χ2v) is 8.64. The summed E-state index contributed by atoms with van der Waals surface area (Å²) in [6, 6.07) is 9.04. The first kappa shape index (κ1) is 16.6. The van der Waals surface area contributed by atoms with Crippen LogP contribution in [0.2, 0.25) is 0 Å². The smallest absolute Gasteiger partial charge is 0.215 e. The van der Waals surface area contributed by atoms with Gasteiger partial charge in [-0.15, -0.1) is 11.3 Å². The maximum atomic E-state index is 12.9. The summed E-state index contributed by atoms with van der Waals surface area (Å²) >= 11 is 1.43. The predicted octanol–water partition coefficient (Wildman–Crippen LogP) is 2.60. The zero-order chi connectivity index (χ0) is 16.5. The molecule has 2 aromatic rings. The predicted molar refractivity (Wildman–Crippen MR) is 88.0 cm³/mol. The Morgan fingerprint density at radius 1 is 1.26 bits per heavy atom. The lowest BCUT2D eigenvalue weighted by atomic mass is 9.96. The number of hydrogen-bond donors (Lipinski definition) is 2. The van der Waals surface area contributed by atoms with Crippen LogP contribution < -0.4 is 4.72 Å². The monoisotopic (exact) mass is 355 g/mol. The normalized spacial score (nSPS) is 17.8. The summed E-state index contributed by atoms with van der Waals surface area (Å²) in [4.78, 5) is 0.782. The summed E-state index contributed by atoms with van der Waals surface area (Å²) in [5.41, 5.74) is -0.644. The quantitative estimate of drug-likeness (QED) is 0.802. The highest BCUT2D eigenvalue weighted by atomic mass is 32.2. The van der Waals surface area contributed by atoms with Crippen molar-refractivity contribution >= 4 is 21.4 Å². The van der Waals surface area contributed by atoms with E-state index in [1.165, 1.54) is 35.6 Å². The van der Waals surface area contributed by atoms with E-state index in [-0.39, 0.29) is 18.2 Å². The van der Waals surface area contributed by atoms with Crippen LogP contribution in [-0.2, 0) is 21.4 Å². The first-order valence-corrected chi connectivity index (χ1v) is 9.90. The van der Waals surface area contributed by atoms with Crippen LogP contribution in [0.25, 0.3) is 0 Å². The number of rotatable bonds is 7. The third-order valence-electron chi connectivity index (χ3n) is 4.03. The molecule has 1 aromatic carbocycles. The van der Waals surface area contributed by atoms with Gasteiger partial charge in [-0.3, -0.25) is 0 Å². The van der Waals surface area contributed by atoms with Gasteiger partial charge in [0, 0.05) is 11.4 Å². The van der Waals surface area contributed by atoms with Crippen LogP contribution in [0.3, 0.4) is 0 Å². The molecule has 0 spiro atoms. The van der Waals surface area contributed by atoms with E-state index >= 15 is 0 Å². The van der Waals surface area contributed by atoms with E-state index < -0.39 is 21.4 Å². The van der Waals surface area contributed by atoms with Crippen LogP contribution in [0.15, 0.2) is 41.8 Å². The van der Waals surface area contributed by atoms with Gasteiger partial charge in [0.1, 0.15) is 11.4 Å². The number of halogens is 1. The van der Waals surface area contributed by atoms with Crippen molar-refractivity contribution < 1.29 is 17.9 Å². The van der Waals surface area contributed by atoms with Gasteiger partial charge in [0.2, 0.25) is 10.0 Å². The van der Waals surface area contributed by atoms with Gasteiger partial charge in [0.15, 0.2) is 0 Å². The van der Waals surface area contributed by atoms with Crippen molar-refractivity contribution in [3.05, 3.63) is 58.0 Å². The van der Waals surface area contributed by atoms with E-state index in [0.717, 1.165) is 17.7 Å². The third-order valence-corrected chi connectivity index (χ3v) is 6.37. The van der Waals surface area contributed by atoms with Crippen molar-refractivity contribution in [3.63, 3.8) is 0 Å². The highest BCUT2D eigenvalue weighted by Gasteiger charge is 2.46. The van der Waals surface area contributed by atoms with Crippen LogP contribution in [0.5, 0.6) is 0 Å². The summed E-state index contributed by atoms with van der Waals surface area (Å²) in [7, 11) is -3.61. The summed E-state index contributed by atoms with van der Waals surface area (Å²) < 4.78 is 39.9. The minimum atomic E-state index is -3.61. The highest BCUT2D eigenvalue weighted by Crippen LogP contribution is 2.46. The Morgan fingerprint density at radius 2 is 1.96 bits per heavy atom. The summed E-state index contributed by atoms with van der Waals surface area (Å²) in [5.74, 6) is -0.548. The number of benzene rings is 1. The van der Waals surface area contributed by atoms with Crippen LogP contribution in [0.4, 0.5) is 4.39 Å². The van der Waals surface area contributed by atoms with Crippen LogP contribution in [0.1, 0.15) is 23.3 Å². The van der Waals surface area contributed by atoms with Gasteiger partial charge in [-0.2, -0.15) is 0 Å². The van der Waals surface area contributed by atoms with Crippen molar-refractivity contribution in [2.45, 2.75) is 24.2 Å². The molecular formula is C16H18FNO3S2. The Hall–Kier alpha value is -1.28. The van der Waals surface area contributed by atoms with Crippen LogP contribution in [-0.4, -0.2) is 20.1 Å². The molecule has 1 saturated carbocycles. The fraction of sp³-hybridized carbons (Fsp3) is 0.375. The molecule has 1 aliphatic carbocycles. The number of hydrogen-bond acceptors (Lipinski definition) is 4. The molecule has 124 valence electrons. The molecule has 3 rings (SSSR count). The number of aliphatic hydroxyl groups is 1. The van der Waals surface area contributed by atoms with Crippen molar-refractivity contribution in [2.24, 2.45) is 5.92 Å². The molecule has 2 N–H and O–H groups in total. The number of sulfonamides is 1. The van der Waals surface area contributed by atoms with E-state index in [9.17, 15) is 17.9 Å². The van der Waals surface area contributed by atoms with Gasteiger partial charge in [-0.25, -0.2) is 17.5 Å². The highest BCUT2D eigenvalue weighted by molar-refractivity contribution is 7.88. The summed E-state index contributed by atoms with van der Waals surface area (Å²) in [6.07, 6.45) is 1.79. The first-order chi connectivity index (χ1) is 10.9. The summed E-state index contributed by atoms with van der Waals surface area (Å²) in [5, 5.41) is 12.8. The maximum Gasteiger partial charge on any atom is 0.215 e. The lowest BCUT2D eigenvalue weighted by Gasteiger charge is -2.27. The van der Waals surface area contributed by atoms with Crippen LogP contribution in [0, 0.1) is 11.7 Å². The average Bonchev–Trinajstić information content (AvgIpc) is 3.22. The number of nitrogens with one attached hydrogen (secondary N) is 1. The maximum absolute atomic E-state index is 12.9. The minimum Gasteiger partial charge on any atom is -0.383 e. The zero-order valence-electron chi connectivity index (χ0n) is 12.4. The molecule has 1 unspecified atom stereocenters. The molecule has 4 nitrogen and oxygen atoms in total. The molecule has 0 bridgehead atoms. The van der Waals surface area contributed by atoms with Crippen molar-refractivity contribution in [1.82, 2.24) is 4.72 Å². The van der Waals surface area contributed by atoms with E-state index in [4.69, 9.17) is 0 Å². The molecule has 1 aromatic heterocycles. The van der Waals surface area contributed by atoms with Gasteiger partial charge < -0.3 is 5.11 Å². The lowest BCUT2D eigenvalue weighted by molar-refractivity contribution is 0.0222. The summed E-state index contributed by atoms with van der Waals surface area (Å²) in [6.45, 7) is -0.0400. The average molecular weight is 355 g/mol. The first-order valence-electron chi connectivity index (χ1n) is 7.37. The largest absolute Gasteiger partial charge is 0.383 e. The van der Waals surface area contributed by atoms with E-state index in [1.807, 2.05) is 17.5 Å². The second-order valence-electron chi connectivity index (χ2n) is 5.88. The molecular weight excluding hydrogens is 337 g/mol. The lowest BCUT2D eigenvalue weighted by Crippen LogP contribution is -2.42. The standard InChI is InChI=1S/C16H18FNO3S2/c17-14-7-3-12(4-8-14)10-23(20,21)18-11-16(19,13-5-6-13)15-2-1-9-22-15/h1-4,7-9,13,18-19H,5-6,10-11H2. The van der Waals surface area contributed by atoms with Crippen molar-refractivity contribution in [2.75, 3.05) is 6.54 Å². The Bertz CT molecular complexity index is 755. The molecule has 1 heterocycles. The SMILES string of the molecule is O=S(=O)(Cc1ccc(F)cc1)NCC(O)(c1cccs1)C1CC1. The Kier molecular flexibility index (Phi) is 4.55. The van der Waals surface area contributed by atoms with Gasteiger partial charge in [-0.05, 0) is 47.9 Å². The molecule has 1 atom stereocenters. The molecule has 23 heavy (non-hydrogen) atoms.